The zero-order chi connectivity index (χ0) is 15.7. The van der Waals surface area contributed by atoms with Crippen LogP contribution in [0, 0.1) is 0 Å². The van der Waals surface area contributed by atoms with E-state index < -0.39 is 21.7 Å². The monoisotopic (exact) mass is 325 g/mol. The van der Waals surface area contributed by atoms with E-state index in [1.54, 1.807) is 0 Å². The van der Waals surface area contributed by atoms with Gasteiger partial charge in [0.15, 0.2) is 0 Å². The molecule has 1 aromatic rings. The van der Waals surface area contributed by atoms with Crippen LogP contribution in [0.5, 0.6) is 0 Å². The number of nitrogens with one attached hydrogen (secondary N) is 1. The van der Waals surface area contributed by atoms with Gasteiger partial charge < -0.3 is 13.9 Å². The molecule has 0 radical (unpaired) electrons. The summed E-state index contributed by atoms with van der Waals surface area (Å²) in [4.78, 5) is 13.3. The van der Waals surface area contributed by atoms with Crippen LogP contribution in [0.15, 0.2) is 35.0 Å². The van der Waals surface area contributed by atoms with Crippen molar-refractivity contribution in [2.45, 2.75) is 18.0 Å². The van der Waals surface area contributed by atoms with Crippen LogP contribution in [-0.4, -0.2) is 25.5 Å². The predicted molar refractivity (Wildman–Crippen MR) is 64.5 cm³/mol. The number of H-pyrrole nitrogens is 1. The Morgan fingerprint density at radius 3 is 2.62 bits per heavy atom. The van der Waals surface area contributed by atoms with E-state index in [1.165, 1.54) is 18.3 Å². The van der Waals surface area contributed by atoms with E-state index in [2.05, 4.69) is 9.17 Å². The maximum atomic E-state index is 12.2. The molecule has 0 saturated carbocycles. The van der Waals surface area contributed by atoms with Crippen LogP contribution in [0.2, 0.25) is 0 Å². The van der Waals surface area contributed by atoms with Gasteiger partial charge in [-0.15, -0.1) is 0 Å². The first-order valence-corrected chi connectivity index (χ1v) is 7.11. The van der Waals surface area contributed by atoms with Crippen molar-refractivity contribution < 1.29 is 30.5 Å². The summed E-state index contributed by atoms with van der Waals surface area (Å²) in [5, 5.41) is 0. The first-order chi connectivity index (χ1) is 9.69. The lowest BCUT2D eigenvalue weighted by atomic mass is 10.1. The molecule has 1 atom stereocenters. The van der Waals surface area contributed by atoms with Crippen LogP contribution >= 0.6 is 0 Å². The number of pyridine rings is 1. The van der Waals surface area contributed by atoms with Crippen molar-refractivity contribution in [3.63, 3.8) is 0 Å². The Bertz CT molecular complexity index is 687. The average molecular weight is 325 g/mol. The van der Waals surface area contributed by atoms with E-state index in [1.807, 2.05) is 0 Å². The highest BCUT2D eigenvalue weighted by Crippen LogP contribution is 2.31. The molecule has 6 nitrogen and oxygen atoms in total. The van der Waals surface area contributed by atoms with E-state index in [9.17, 15) is 26.4 Å². The van der Waals surface area contributed by atoms with Gasteiger partial charge in [0.05, 0.1) is 6.61 Å². The van der Waals surface area contributed by atoms with Crippen molar-refractivity contribution in [2.24, 2.45) is 0 Å². The fourth-order valence-electron chi connectivity index (χ4n) is 1.64. The summed E-state index contributed by atoms with van der Waals surface area (Å²) >= 11 is 0. The van der Waals surface area contributed by atoms with Crippen LogP contribution in [0.1, 0.15) is 18.1 Å². The Hall–Kier alpha value is -1.81. The standard InChI is InChI=1S/C11H10F3NO5S/c12-11(13,14)21(17,18)20-8-3-4-19-9(5-8)7-1-2-10(16)15-6-7/h1-2,5-6,9H,3-4H2,(H,15,16). The van der Waals surface area contributed by atoms with Crippen LogP contribution in [0.4, 0.5) is 13.2 Å². The molecular weight excluding hydrogens is 315 g/mol. The summed E-state index contributed by atoms with van der Waals surface area (Å²) in [5.41, 5.74) is -5.38. The van der Waals surface area contributed by atoms with Crippen LogP contribution in [0.3, 0.4) is 0 Å². The normalized spacial score (nSPS) is 20.0. The number of aromatic nitrogens is 1. The molecule has 0 amide bonds. The number of halogens is 3. The topological polar surface area (TPSA) is 85.5 Å². The fraction of sp³-hybridized carbons (Fsp3) is 0.364. The maximum absolute atomic E-state index is 12.2. The zero-order valence-corrected chi connectivity index (χ0v) is 11.2. The highest BCUT2D eigenvalue weighted by molar-refractivity contribution is 7.87. The minimum absolute atomic E-state index is 0.0109. The molecule has 0 aliphatic carbocycles. The van der Waals surface area contributed by atoms with Gasteiger partial charge in [-0.05, 0) is 12.1 Å². The third-order valence-electron chi connectivity index (χ3n) is 2.62. The summed E-state index contributed by atoms with van der Waals surface area (Å²) in [6, 6.07) is 2.63. The van der Waals surface area contributed by atoms with Gasteiger partial charge in [0.2, 0.25) is 5.56 Å². The highest BCUT2D eigenvalue weighted by atomic mass is 32.2. The highest BCUT2D eigenvalue weighted by Gasteiger charge is 2.49. The molecule has 2 rings (SSSR count). The number of hydrogen-bond donors (Lipinski definition) is 1. The summed E-state index contributed by atoms with van der Waals surface area (Å²) < 4.78 is 67.9. The second kappa shape index (κ2) is 5.53. The molecule has 0 bridgehead atoms. The van der Waals surface area contributed by atoms with Gasteiger partial charge in [-0.1, -0.05) is 0 Å². The Labute approximate surface area is 117 Å². The van der Waals surface area contributed by atoms with Gasteiger partial charge in [0, 0.05) is 24.2 Å². The van der Waals surface area contributed by atoms with E-state index in [0.29, 0.717) is 5.56 Å². The van der Waals surface area contributed by atoms with Crippen LogP contribution in [-0.2, 0) is 19.0 Å². The molecule has 0 spiro atoms. The minimum atomic E-state index is -5.69. The second-order valence-electron chi connectivity index (χ2n) is 4.14. The Morgan fingerprint density at radius 1 is 1.33 bits per heavy atom. The Kier molecular flexibility index (Phi) is 4.10. The van der Waals surface area contributed by atoms with Crippen molar-refractivity contribution in [3.8, 4) is 0 Å². The summed E-state index contributed by atoms with van der Waals surface area (Å²) in [5.74, 6) is -0.352. The van der Waals surface area contributed by atoms with Crippen molar-refractivity contribution in [3.05, 3.63) is 46.1 Å². The van der Waals surface area contributed by atoms with Crippen molar-refractivity contribution >= 4 is 10.1 Å². The van der Waals surface area contributed by atoms with E-state index in [4.69, 9.17) is 4.74 Å². The van der Waals surface area contributed by atoms with Gasteiger partial charge >= 0.3 is 15.6 Å². The summed E-state index contributed by atoms with van der Waals surface area (Å²) in [6.45, 7) is -0.0109. The van der Waals surface area contributed by atoms with Crippen molar-refractivity contribution in [1.82, 2.24) is 4.98 Å². The smallest absolute Gasteiger partial charge is 0.381 e. The number of rotatable bonds is 3. The quantitative estimate of drug-likeness (QED) is 0.674. The Balaban J connectivity index is 2.22. The van der Waals surface area contributed by atoms with Gasteiger partial charge in [-0.2, -0.15) is 21.6 Å². The minimum Gasteiger partial charge on any atom is -0.381 e. The molecular formula is C11H10F3NO5S. The maximum Gasteiger partial charge on any atom is 0.534 e. The molecule has 116 valence electrons. The molecule has 1 N–H and O–H groups in total. The second-order valence-corrected chi connectivity index (χ2v) is 5.68. The van der Waals surface area contributed by atoms with Gasteiger partial charge in [0.25, 0.3) is 0 Å². The molecule has 0 fully saturated rings. The van der Waals surface area contributed by atoms with Gasteiger partial charge in [-0.25, -0.2) is 0 Å². The first-order valence-electron chi connectivity index (χ1n) is 5.71. The molecule has 1 unspecified atom stereocenters. The number of hydrogen-bond acceptors (Lipinski definition) is 5. The lowest BCUT2D eigenvalue weighted by molar-refractivity contribution is -0.0530. The molecule has 21 heavy (non-hydrogen) atoms. The molecule has 1 aliphatic rings. The van der Waals surface area contributed by atoms with E-state index in [0.717, 1.165) is 6.08 Å². The fourth-order valence-corrected chi connectivity index (χ4v) is 2.15. The lowest BCUT2D eigenvalue weighted by Crippen LogP contribution is -2.26. The average Bonchev–Trinajstić information content (AvgIpc) is 2.38. The van der Waals surface area contributed by atoms with Crippen molar-refractivity contribution in [1.29, 1.82) is 0 Å². The third kappa shape index (κ3) is 3.64. The Morgan fingerprint density at radius 2 is 2.05 bits per heavy atom. The first kappa shape index (κ1) is 15.6. The zero-order valence-electron chi connectivity index (χ0n) is 10.4. The molecule has 1 aliphatic heterocycles. The van der Waals surface area contributed by atoms with Crippen molar-refractivity contribution in [2.75, 3.05) is 6.61 Å². The number of alkyl halides is 3. The van der Waals surface area contributed by atoms with E-state index >= 15 is 0 Å². The molecule has 0 saturated heterocycles. The molecule has 1 aromatic heterocycles. The molecule has 2 heterocycles. The molecule has 0 aromatic carbocycles. The van der Waals surface area contributed by atoms with Gasteiger partial charge in [0.1, 0.15) is 11.9 Å². The largest absolute Gasteiger partial charge is 0.534 e. The third-order valence-corrected chi connectivity index (χ3v) is 3.62. The predicted octanol–water partition coefficient (Wildman–Crippen LogP) is 1.59. The lowest BCUT2D eigenvalue weighted by Gasteiger charge is -2.22. The van der Waals surface area contributed by atoms with E-state index in [-0.39, 0.29) is 24.3 Å². The molecule has 10 heteroatoms. The van der Waals surface area contributed by atoms with Crippen LogP contribution in [0.25, 0.3) is 0 Å². The number of ether oxygens (including phenoxy) is 1. The van der Waals surface area contributed by atoms with Crippen LogP contribution < -0.4 is 5.56 Å². The SMILES string of the molecule is O=c1ccc(C2C=C(OS(=O)(=O)C(F)(F)F)CCO2)c[nH]1. The summed E-state index contributed by atoms with van der Waals surface area (Å²) in [6.07, 6.45) is 1.55. The van der Waals surface area contributed by atoms with Gasteiger partial charge in [-0.3, -0.25) is 4.79 Å². The summed E-state index contributed by atoms with van der Waals surface area (Å²) in [7, 11) is -5.69. The number of aromatic amines is 1.